The lowest BCUT2D eigenvalue weighted by atomic mass is 10.00. The van der Waals surface area contributed by atoms with Crippen LogP contribution < -0.4 is 15.4 Å². The van der Waals surface area contributed by atoms with E-state index in [2.05, 4.69) is 15.6 Å². The Balaban J connectivity index is 1.46. The van der Waals surface area contributed by atoms with Gasteiger partial charge in [-0.1, -0.05) is 48.5 Å². The lowest BCUT2D eigenvalue weighted by Gasteiger charge is -2.28. The van der Waals surface area contributed by atoms with Gasteiger partial charge in [0.15, 0.2) is 0 Å². The molecule has 1 heterocycles. The van der Waals surface area contributed by atoms with E-state index >= 15 is 0 Å². The second-order valence-corrected chi connectivity index (χ2v) is 11.4. The fourth-order valence-corrected chi connectivity index (χ4v) is 5.39. The predicted molar refractivity (Wildman–Crippen MR) is 169 cm³/mol. The SMILES string of the molecule is COc1cccc(CNCC(O)C(Cc2ccccc2)NC(=O)c2cccc(C(=O)N(Cc3nc(C)cs3)N(C)C)c2)c1. The van der Waals surface area contributed by atoms with Crippen LogP contribution in [0.1, 0.15) is 42.5 Å². The Hall–Kier alpha value is -4.09. The van der Waals surface area contributed by atoms with Gasteiger partial charge in [0.25, 0.3) is 11.8 Å². The molecule has 0 saturated heterocycles. The highest BCUT2D eigenvalue weighted by Gasteiger charge is 2.24. The van der Waals surface area contributed by atoms with Gasteiger partial charge in [-0.05, 0) is 54.8 Å². The maximum atomic E-state index is 13.5. The van der Waals surface area contributed by atoms with Gasteiger partial charge in [0, 0.05) is 49.4 Å². The molecule has 0 spiro atoms. The van der Waals surface area contributed by atoms with Crippen LogP contribution in [0.25, 0.3) is 0 Å². The van der Waals surface area contributed by atoms with Crippen molar-refractivity contribution in [2.75, 3.05) is 27.7 Å². The first-order valence-corrected chi connectivity index (χ1v) is 15.0. The topological polar surface area (TPSA) is 107 Å². The van der Waals surface area contributed by atoms with Crippen LogP contribution >= 0.6 is 11.3 Å². The van der Waals surface area contributed by atoms with Gasteiger partial charge < -0.3 is 20.5 Å². The van der Waals surface area contributed by atoms with Gasteiger partial charge in [-0.15, -0.1) is 11.3 Å². The van der Waals surface area contributed by atoms with Crippen molar-refractivity contribution in [2.45, 2.75) is 38.6 Å². The molecule has 2 unspecified atom stereocenters. The summed E-state index contributed by atoms with van der Waals surface area (Å²) in [7, 11) is 5.22. The van der Waals surface area contributed by atoms with Crippen LogP contribution in [0, 0.1) is 6.92 Å². The van der Waals surface area contributed by atoms with Gasteiger partial charge >= 0.3 is 0 Å². The number of hydrogen-bond acceptors (Lipinski definition) is 8. The van der Waals surface area contributed by atoms with Gasteiger partial charge in [-0.25, -0.2) is 9.99 Å². The van der Waals surface area contributed by atoms with Crippen LogP contribution in [0.3, 0.4) is 0 Å². The van der Waals surface area contributed by atoms with E-state index in [9.17, 15) is 14.7 Å². The molecule has 3 N–H and O–H groups in total. The smallest absolute Gasteiger partial charge is 0.268 e. The van der Waals surface area contributed by atoms with Crippen LogP contribution in [0.2, 0.25) is 0 Å². The molecule has 2 amide bonds. The van der Waals surface area contributed by atoms with Crippen LogP contribution in [-0.4, -0.2) is 71.8 Å². The van der Waals surface area contributed by atoms with Crippen LogP contribution in [-0.2, 0) is 19.5 Å². The minimum atomic E-state index is -0.870. The first kappa shape index (κ1) is 31.8. The number of methoxy groups -OCH3 is 1. The molecule has 0 aliphatic heterocycles. The summed E-state index contributed by atoms with van der Waals surface area (Å²) in [5, 5.41) is 23.6. The lowest BCUT2D eigenvalue weighted by Crippen LogP contribution is -2.48. The molecular weight excluding hydrogens is 562 g/mol. The van der Waals surface area contributed by atoms with E-state index in [1.54, 1.807) is 55.5 Å². The molecule has 10 heteroatoms. The van der Waals surface area contributed by atoms with E-state index in [1.807, 2.05) is 66.9 Å². The molecule has 0 aliphatic carbocycles. The summed E-state index contributed by atoms with van der Waals surface area (Å²) in [6.45, 7) is 3.05. The first-order chi connectivity index (χ1) is 20.7. The molecule has 2 atom stereocenters. The number of aliphatic hydroxyl groups excluding tert-OH is 1. The summed E-state index contributed by atoms with van der Waals surface area (Å²) < 4.78 is 5.29. The Morgan fingerprint density at radius 3 is 2.40 bits per heavy atom. The van der Waals surface area contributed by atoms with Gasteiger partial charge in [-0.2, -0.15) is 0 Å². The highest BCUT2D eigenvalue weighted by Crippen LogP contribution is 2.17. The summed E-state index contributed by atoms with van der Waals surface area (Å²) >= 11 is 1.50. The zero-order chi connectivity index (χ0) is 30.8. The minimum absolute atomic E-state index is 0.241. The van der Waals surface area contributed by atoms with Crippen molar-refractivity contribution < 1.29 is 19.4 Å². The third-order valence-corrected chi connectivity index (χ3v) is 7.89. The largest absolute Gasteiger partial charge is 0.497 e. The molecular formula is C33H39N5O4S. The van der Waals surface area contributed by atoms with Crippen molar-refractivity contribution in [3.05, 3.63) is 117 Å². The predicted octanol–water partition coefficient (Wildman–Crippen LogP) is 4.07. The highest BCUT2D eigenvalue weighted by molar-refractivity contribution is 7.09. The molecule has 0 radical (unpaired) electrons. The van der Waals surface area contributed by atoms with Crippen molar-refractivity contribution >= 4 is 23.2 Å². The van der Waals surface area contributed by atoms with E-state index in [0.717, 1.165) is 27.6 Å². The van der Waals surface area contributed by atoms with E-state index in [0.29, 0.717) is 30.6 Å². The number of ether oxygens (including phenoxy) is 1. The van der Waals surface area contributed by atoms with Crippen molar-refractivity contribution in [3.63, 3.8) is 0 Å². The molecule has 4 rings (SSSR count). The number of carbonyl (C=O) groups excluding carboxylic acids is 2. The van der Waals surface area contributed by atoms with E-state index in [-0.39, 0.29) is 18.4 Å². The van der Waals surface area contributed by atoms with E-state index < -0.39 is 12.1 Å². The number of thiazole rings is 1. The molecule has 1 aromatic heterocycles. The van der Waals surface area contributed by atoms with Crippen molar-refractivity contribution in [2.24, 2.45) is 0 Å². The number of benzene rings is 3. The average molecular weight is 602 g/mol. The monoisotopic (exact) mass is 601 g/mol. The second kappa shape index (κ2) is 15.4. The molecule has 43 heavy (non-hydrogen) atoms. The van der Waals surface area contributed by atoms with Gasteiger partial charge in [0.1, 0.15) is 10.8 Å². The Bertz CT molecular complexity index is 1490. The van der Waals surface area contributed by atoms with Gasteiger partial charge in [0.2, 0.25) is 0 Å². The molecule has 0 fully saturated rings. The zero-order valence-electron chi connectivity index (χ0n) is 25.0. The third-order valence-electron chi connectivity index (χ3n) is 6.94. The van der Waals surface area contributed by atoms with Crippen molar-refractivity contribution in [1.82, 2.24) is 25.6 Å². The number of aromatic nitrogens is 1. The number of nitrogens with zero attached hydrogens (tertiary/aromatic N) is 3. The summed E-state index contributed by atoms with van der Waals surface area (Å²) in [6.07, 6.45) is -0.431. The standard InChI is InChI=1S/C33H39N5O4S/c1-23-22-43-31(35-23)21-38(37(2)3)33(41)27-14-9-13-26(18-27)32(40)36-29(17-24-10-6-5-7-11-24)30(39)20-34-19-25-12-8-15-28(16-25)42-4/h5-16,18,22,29-30,34,39H,17,19-21H2,1-4H3,(H,36,40). The average Bonchev–Trinajstić information content (AvgIpc) is 3.44. The number of carbonyl (C=O) groups is 2. The molecule has 4 aromatic rings. The minimum Gasteiger partial charge on any atom is -0.497 e. The summed E-state index contributed by atoms with van der Waals surface area (Å²) in [5.74, 6) is 0.159. The maximum Gasteiger partial charge on any atom is 0.268 e. The molecule has 226 valence electrons. The Kier molecular flexibility index (Phi) is 11.4. The Morgan fingerprint density at radius 2 is 1.70 bits per heavy atom. The molecule has 0 aliphatic rings. The van der Waals surface area contributed by atoms with E-state index in [1.165, 1.54) is 11.3 Å². The first-order valence-electron chi connectivity index (χ1n) is 14.1. The van der Waals surface area contributed by atoms with Crippen LogP contribution in [0.4, 0.5) is 0 Å². The third kappa shape index (κ3) is 9.20. The Morgan fingerprint density at radius 1 is 0.977 bits per heavy atom. The summed E-state index contributed by atoms with van der Waals surface area (Å²) in [6, 6.07) is 23.5. The van der Waals surface area contributed by atoms with Crippen molar-refractivity contribution in [3.8, 4) is 5.75 Å². The molecule has 9 nitrogen and oxygen atoms in total. The zero-order valence-corrected chi connectivity index (χ0v) is 25.8. The lowest BCUT2D eigenvalue weighted by molar-refractivity contribution is 0.0154. The number of rotatable bonds is 14. The number of hydrogen-bond donors (Lipinski definition) is 3. The fourth-order valence-electron chi connectivity index (χ4n) is 4.63. The fraction of sp³-hybridized carbons (Fsp3) is 0.303. The summed E-state index contributed by atoms with van der Waals surface area (Å²) in [5.41, 5.74) is 3.64. The van der Waals surface area contributed by atoms with Crippen LogP contribution in [0.15, 0.2) is 84.2 Å². The van der Waals surface area contributed by atoms with Gasteiger partial charge in [-0.3, -0.25) is 14.6 Å². The number of aliphatic hydroxyl groups is 1. The molecule has 0 saturated carbocycles. The normalized spacial score (nSPS) is 12.5. The second-order valence-electron chi connectivity index (χ2n) is 10.5. The molecule has 0 bridgehead atoms. The number of nitrogens with one attached hydrogen (secondary N) is 2. The number of amides is 2. The summed E-state index contributed by atoms with van der Waals surface area (Å²) in [4.78, 5) is 31.5. The van der Waals surface area contributed by atoms with Crippen LogP contribution in [0.5, 0.6) is 5.75 Å². The number of hydrazine groups is 1. The molecule has 3 aromatic carbocycles. The Labute approximate surface area is 257 Å². The van der Waals surface area contributed by atoms with Gasteiger partial charge in [0.05, 0.1) is 25.8 Å². The highest BCUT2D eigenvalue weighted by atomic mass is 32.1. The van der Waals surface area contributed by atoms with E-state index in [4.69, 9.17) is 4.74 Å². The quantitative estimate of drug-likeness (QED) is 0.187. The number of aryl methyl sites for hydroxylation is 1. The van der Waals surface area contributed by atoms with Crippen molar-refractivity contribution in [1.29, 1.82) is 0 Å². The maximum absolute atomic E-state index is 13.5.